The molecule has 0 saturated heterocycles. The van der Waals surface area contributed by atoms with Crippen LogP contribution in [-0.2, 0) is 0 Å². The molecule has 0 radical (unpaired) electrons. The lowest BCUT2D eigenvalue weighted by atomic mass is 10.1. The highest BCUT2D eigenvalue weighted by atomic mass is 19.1. The summed E-state index contributed by atoms with van der Waals surface area (Å²) >= 11 is 0. The molecule has 0 aliphatic rings. The summed E-state index contributed by atoms with van der Waals surface area (Å²) in [5.41, 5.74) is 6.10. The van der Waals surface area contributed by atoms with Gasteiger partial charge in [-0.25, -0.2) is 4.39 Å². The number of anilines is 1. The van der Waals surface area contributed by atoms with Gasteiger partial charge in [0, 0.05) is 12.1 Å². The molecule has 4 heteroatoms. The van der Waals surface area contributed by atoms with Crippen molar-refractivity contribution >= 4 is 5.69 Å². The van der Waals surface area contributed by atoms with Gasteiger partial charge in [-0.05, 0) is 26.7 Å². The zero-order valence-corrected chi connectivity index (χ0v) is 12.7. The Labute approximate surface area is 121 Å². The summed E-state index contributed by atoms with van der Waals surface area (Å²) in [6, 6.07) is 2.79. The SMILES string of the molecule is CCCCCCC(C)Oc1cc(OCC)c(F)cc1N. The van der Waals surface area contributed by atoms with Crippen molar-refractivity contribution in [3.63, 3.8) is 0 Å². The predicted molar refractivity (Wildman–Crippen MR) is 80.8 cm³/mol. The van der Waals surface area contributed by atoms with Crippen LogP contribution >= 0.6 is 0 Å². The summed E-state index contributed by atoms with van der Waals surface area (Å²) in [7, 11) is 0. The minimum Gasteiger partial charge on any atom is -0.491 e. The van der Waals surface area contributed by atoms with Crippen LogP contribution in [0.3, 0.4) is 0 Å². The standard InChI is InChI=1S/C16H26FNO2/c1-4-6-7-8-9-12(3)20-16-11-15(19-5-2)13(17)10-14(16)18/h10-12H,4-9,18H2,1-3H3. The number of rotatable bonds is 9. The molecule has 2 N–H and O–H groups in total. The molecule has 0 aromatic heterocycles. The average molecular weight is 283 g/mol. The highest BCUT2D eigenvalue weighted by molar-refractivity contribution is 5.56. The zero-order chi connectivity index (χ0) is 15.0. The molecular weight excluding hydrogens is 257 g/mol. The number of nitrogen functional groups attached to an aromatic ring is 1. The van der Waals surface area contributed by atoms with Gasteiger partial charge in [0.15, 0.2) is 11.6 Å². The highest BCUT2D eigenvalue weighted by Gasteiger charge is 2.12. The number of nitrogens with two attached hydrogens (primary N) is 1. The summed E-state index contributed by atoms with van der Waals surface area (Å²) in [6.45, 7) is 6.42. The van der Waals surface area contributed by atoms with Crippen molar-refractivity contribution in [2.24, 2.45) is 0 Å². The molecule has 0 saturated carbocycles. The Balaban J connectivity index is 2.59. The number of benzene rings is 1. The lowest BCUT2D eigenvalue weighted by Crippen LogP contribution is -2.13. The van der Waals surface area contributed by atoms with Crippen molar-refractivity contribution in [3.05, 3.63) is 17.9 Å². The van der Waals surface area contributed by atoms with Crippen LogP contribution in [0.5, 0.6) is 11.5 Å². The number of unbranched alkanes of at least 4 members (excludes halogenated alkanes) is 3. The van der Waals surface area contributed by atoms with E-state index in [1.54, 1.807) is 0 Å². The molecule has 20 heavy (non-hydrogen) atoms. The fourth-order valence-corrected chi connectivity index (χ4v) is 2.05. The maximum Gasteiger partial charge on any atom is 0.167 e. The van der Waals surface area contributed by atoms with Gasteiger partial charge in [0.1, 0.15) is 5.75 Å². The third-order valence-electron chi connectivity index (χ3n) is 3.16. The summed E-state index contributed by atoms with van der Waals surface area (Å²) in [4.78, 5) is 0. The Morgan fingerprint density at radius 2 is 1.90 bits per heavy atom. The maximum atomic E-state index is 13.6. The van der Waals surface area contributed by atoms with Crippen molar-refractivity contribution in [3.8, 4) is 11.5 Å². The molecule has 1 rings (SSSR count). The van der Waals surface area contributed by atoms with Crippen LogP contribution in [0.25, 0.3) is 0 Å². The van der Waals surface area contributed by atoms with Crippen molar-refractivity contribution in [1.29, 1.82) is 0 Å². The molecule has 3 nitrogen and oxygen atoms in total. The molecule has 1 aromatic rings. The molecule has 0 fully saturated rings. The summed E-state index contributed by atoms with van der Waals surface area (Å²) in [5.74, 6) is 0.236. The summed E-state index contributed by atoms with van der Waals surface area (Å²) < 4.78 is 24.6. The van der Waals surface area contributed by atoms with Gasteiger partial charge in [-0.1, -0.05) is 26.2 Å². The largest absolute Gasteiger partial charge is 0.491 e. The lowest BCUT2D eigenvalue weighted by molar-refractivity contribution is 0.206. The first-order chi connectivity index (χ1) is 9.58. The first-order valence-electron chi connectivity index (χ1n) is 7.46. The average Bonchev–Trinajstić information content (AvgIpc) is 2.40. The first kappa shape index (κ1) is 16.6. The van der Waals surface area contributed by atoms with E-state index >= 15 is 0 Å². The molecule has 114 valence electrons. The van der Waals surface area contributed by atoms with E-state index in [9.17, 15) is 4.39 Å². The highest BCUT2D eigenvalue weighted by Crippen LogP contribution is 2.31. The second kappa shape index (κ2) is 8.67. The Morgan fingerprint density at radius 3 is 2.55 bits per heavy atom. The zero-order valence-electron chi connectivity index (χ0n) is 12.7. The van der Waals surface area contributed by atoms with E-state index in [1.807, 2.05) is 13.8 Å². The van der Waals surface area contributed by atoms with E-state index in [4.69, 9.17) is 15.2 Å². The van der Waals surface area contributed by atoms with Crippen LogP contribution < -0.4 is 15.2 Å². The Morgan fingerprint density at radius 1 is 1.15 bits per heavy atom. The van der Waals surface area contributed by atoms with Crippen molar-refractivity contribution in [2.45, 2.75) is 59.0 Å². The van der Waals surface area contributed by atoms with Gasteiger partial charge >= 0.3 is 0 Å². The third-order valence-corrected chi connectivity index (χ3v) is 3.16. The fourth-order valence-electron chi connectivity index (χ4n) is 2.05. The minimum atomic E-state index is -0.452. The van der Waals surface area contributed by atoms with Crippen molar-refractivity contribution in [1.82, 2.24) is 0 Å². The molecule has 1 atom stereocenters. The van der Waals surface area contributed by atoms with Gasteiger partial charge in [0.2, 0.25) is 0 Å². The smallest absolute Gasteiger partial charge is 0.167 e. The van der Waals surface area contributed by atoms with E-state index in [0.29, 0.717) is 18.0 Å². The molecular formula is C16H26FNO2. The van der Waals surface area contributed by atoms with Crippen LogP contribution in [0.2, 0.25) is 0 Å². The van der Waals surface area contributed by atoms with Gasteiger partial charge in [0.05, 0.1) is 18.4 Å². The van der Waals surface area contributed by atoms with Crippen LogP contribution in [0.1, 0.15) is 52.9 Å². The molecule has 0 aliphatic carbocycles. The number of hydrogen-bond donors (Lipinski definition) is 1. The number of hydrogen-bond acceptors (Lipinski definition) is 3. The molecule has 0 aliphatic heterocycles. The Hall–Kier alpha value is -1.45. The molecule has 0 bridgehead atoms. The molecule has 1 unspecified atom stereocenters. The van der Waals surface area contributed by atoms with Gasteiger partial charge in [-0.3, -0.25) is 0 Å². The van der Waals surface area contributed by atoms with Crippen molar-refractivity contribution < 1.29 is 13.9 Å². The van der Waals surface area contributed by atoms with E-state index < -0.39 is 5.82 Å². The van der Waals surface area contributed by atoms with Gasteiger partial charge in [-0.2, -0.15) is 0 Å². The molecule has 0 spiro atoms. The van der Waals surface area contributed by atoms with Gasteiger partial charge < -0.3 is 15.2 Å². The number of ether oxygens (including phenoxy) is 2. The summed E-state index contributed by atoms with van der Waals surface area (Å²) in [5, 5.41) is 0. The molecule has 0 heterocycles. The first-order valence-corrected chi connectivity index (χ1v) is 7.46. The van der Waals surface area contributed by atoms with Gasteiger partial charge in [0.25, 0.3) is 0 Å². The molecule has 1 aromatic carbocycles. The maximum absolute atomic E-state index is 13.6. The van der Waals surface area contributed by atoms with Gasteiger partial charge in [-0.15, -0.1) is 0 Å². The van der Waals surface area contributed by atoms with Crippen molar-refractivity contribution in [2.75, 3.05) is 12.3 Å². The van der Waals surface area contributed by atoms with E-state index in [-0.39, 0.29) is 11.9 Å². The third kappa shape index (κ3) is 5.27. The van der Waals surface area contributed by atoms with E-state index in [2.05, 4.69) is 6.92 Å². The van der Waals surface area contributed by atoms with E-state index in [0.717, 1.165) is 12.8 Å². The molecule has 0 amide bonds. The number of halogens is 1. The quantitative estimate of drug-likeness (QED) is 0.534. The van der Waals surface area contributed by atoms with Crippen LogP contribution in [0, 0.1) is 5.82 Å². The Bertz CT molecular complexity index is 410. The van der Waals surface area contributed by atoms with Crippen LogP contribution in [0.15, 0.2) is 12.1 Å². The van der Waals surface area contributed by atoms with Crippen LogP contribution in [-0.4, -0.2) is 12.7 Å². The van der Waals surface area contributed by atoms with Crippen LogP contribution in [0.4, 0.5) is 10.1 Å². The van der Waals surface area contributed by atoms with E-state index in [1.165, 1.54) is 31.4 Å². The second-order valence-electron chi connectivity index (χ2n) is 5.03. The monoisotopic (exact) mass is 283 g/mol. The predicted octanol–water partition coefficient (Wildman–Crippen LogP) is 4.54. The normalized spacial score (nSPS) is 12.2. The summed E-state index contributed by atoms with van der Waals surface area (Å²) in [6.07, 6.45) is 5.86. The topological polar surface area (TPSA) is 44.5 Å². The fraction of sp³-hybridized carbons (Fsp3) is 0.625. The Kier molecular flexibility index (Phi) is 7.20. The lowest BCUT2D eigenvalue weighted by Gasteiger charge is -2.17. The second-order valence-corrected chi connectivity index (χ2v) is 5.03. The minimum absolute atomic E-state index is 0.0640.